The second-order valence-electron chi connectivity index (χ2n) is 10.5. The van der Waals surface area contributed by atoms with E-state index in [1.807, 2.05) is 20.8 Å². The lowest BCUT2D eigenvalue weighted by Crippen LogP contribution is -2.42. The molecule has 3 aromatic rings. The second kappa shape index (κ2) is 18.7. The van der Waals surface area contributed by atoms with Gasteiger partial charge in [-0.2, -0.15) is 0 Å². The Labute approximate surface area is 273 Å². The monoisotopic (exact) mass is 684 g/mol. The third-order valence-electron chi connectivity index (χ3n) is 6.50. The van der Waals surface area contributed by atoms with Crippen LogP contribution in [0.15, 0.2) is 72.8 Å². The van der Waals surface area contributed by atoms with Gasteiger partial charge in [0.25, 0.3) is 0 Å². The fourth-order valence-electron chi connectivity index (χ4n) is 3.85. The molecule has 0 aliphatic carbocycles. The number of hydrogen-bond donors (Lipinski definition) is 0. The summed E-state index contributed by atoms with van der Waals surface area (Å²) in [5.41, 5.74) is 0.658. The molecule has 0 heterocycles. The van der Waals surface area contributed by atoms with Gasteiger partial charge >= 0.3 is 17.9 Å². The smallest absolute Gasteiger partial charge is 0.338 e. The summed E-state index contributed by atoms with van der Waals surface area (Å²) in [5.74, 6) is 0.560. The van der Waals surface area contributed by atoms with Gasteiger partial charge in [0.2, 0.25) is 0 Å². The van der Waals surface area contributed by atoms with Gasteiger partial charge in [-0.3, -0.25) is 0 Å². The lowest BCUT2D eigenvalue weighted by atomic mass is 9.94. The van der Waals surface area contributed by atoms with Gasteiger partial charge in [0.15, 0.2) is 0 Å². The van der Waals surface area contributed by atoms with Crippen molar-refractivity contribution in [1.82, 2.24) is 0 Å². The number of halogens is 1. The molecule has 242 valence electrons. The lowest BCUT2D eigenvalue weighted by molar-refractivity contribution is 0.0496. The lowest BCUT2D eigenvalue weighted by Gasteiger charge is -2.31. The van der Waals surface area contributed by atoms with E-state index in [2.05, 4.69) is 15.9 Å². The summed E-state index contributed by atoms with van der Waals surface area (Å²) >= 11 is 3.63. The summed E-state index contributed by atoms with van der Waals surface area (Å²) in [5, 5.41) is 0.463. The van der Waals surface area contributed by atoms with Gasteiger partial charge in [0, 0.05) is 5.33 Å². The van der Waals surface area contributed by atoms with Gasteiger partial charge in [0.1, 0.15) is 37.1 Å². The van der Waals surface area contributed by atoms with Crippen LogP contribution in [0, 0.1) is 5.41 Å². The first-order chi connectivity index (χ1) is 21.8. The highest BCUT2D eigenvalue weighted by Gasteiger charge is 2.33. The molecule has 0 aliphatic heterocycles. The normalized spacial score (nSPS) is 10.9. The van der Waals surface area contributed by atoms with E-state index in [0.717, 1.165) is 19.3 Å². The molecular formula is C35H41BrO9. The molecule has 3 aromatic carbocycles. The van der Waals surface area contributed by atoms with Crippen LogP contribution in [0.1, 0.15) is 71.1 Å². The van der Waals surface area contributed by atoms with Crippen molar-refractivity contribution in [2.45, 2.75) is 40.0 Å². The Morgan fingerprint density at radius 1 is 0.511 bits per heavy atom. The Bertz CT molecular complexity index is 1180. The molecule has 0 spiro atoms. The molecule has 0 fully saturated rings. The molecule has 0 aliphatic rings. The van der Waals surface area contributed by atoms with Crippen molar-refractivity contribution in [3.63, 3.8) is 0 Å². The summed E-state index contributed by atoms with van der Waals surface area (Å²) in [6.45, 7) is 7.53. The van der Waals surface area contributed by atoms with Crippen LogP contribution in [-0.2, 0) is 14.2 Å². The number of carbonyl (C=O) groups is 3. The largest absolute Gasteiger partial charge is 0.493 e. The number of ether oxygens (including phenoxy) is 6. The van der Waals surface area contributed by atoms with Crippen LogP contribution in [0.4, 0.5) is 0 Å². The average molecular weight is 686 g/mol. The first-order valence-corrected chi connectivity index (χ1v) is 16.2. The number of benzene rings is 3. The van der Waals surface area contributed by atoms with Crippen LogP contribution in [0.3, 0.4) is 0 Å². The Morgan fingerprint density at radius 2 is 0.778 bits per heavy atom. The molecule has 0 bridgehead atoms. The van der Waals surface area contributed by atoms with Gasteiger partial charge in [0.05, 0.1) is 41.9 Å². The van der Waals surface area contributed by atoms with Crippen molar-refractivity contribution in [1.29, 1.82) is 0 Å². The average Bonchev–Trinajstić information content (AvgIpc) is 3.09. The summed E-state index contributed by atoms with van der Waals surface area (Å²) in [4.78, 5) is 36.5. The molecule has 0 aromatic heterocycles. The Balaban J connectivity index is 1.72. The maximum Gasteiger partial charge on any atom is 0.338 e. The molecule has 45 heavy (non-hydrogen) atoms. The molecule has 0 saturated carbocycles. The van der Waals surface area contributed by atoms with Crippen molar-refractivity contribution in [2.24, 2.45) is 5.41 Å². The summed E-state index contributed by atoms with van der Waals surface area (Å²) in [7, 11) is 0. The van der Waals surface area contributed by atoms with Crippen LogP contribution in [0.5, 0.6) is 17.2 Å². The molecule has 0 unspecified atom stereocenters. The first kappa shape index (κ1) is 35.4. The molecule has 0 N–H and O–H groups in total. The maximum absolute atomic E-state index is 12.2. The van der Waals surface area contributed by atoms with Crippen LogP contribution in [0.2, 0.25) is 0 Å². The number of rotatable bonds is 19. The van der Waals surface area contributed by atoms with Crippen molar-refractivity contribution in [3.05, 3.63) is 89.5 Å². The van der Waals surface area contributed by atoms with Gasteiger partial charge in [-0.1, -0.05) is 36.7 Å². The van der Waals surface area contributed by atoms with Crippen LogP contribution >= 0.6 is 15.9 Å². The maximum atomic E-state index is 12.2. The molecule has 0 amide bonds. The second-order valence-corrected chi connectivity index (χ2v) is 11.0. The van der Waals surface area contributed by atoms with E-state index >= 15 is 0 Å². The Hall–Kier alpha value is -4.05. The molecule has 0 saturated heterocycles. The van der Waals surface area contributed by atoms with E-state index in [4.69, 9.17) is 28.4 Å². The van der Waals surface area contributed by atoms with Crippen LogP contribution in [-0.4, -0.2) is 62.9 Å². The van der Waals surface area contributed by atoms with Gasteiger partial charge < -0.3 is 28.4 Å². The van der Waals surface area contributed by atoms with Crippen molar-refractivity contribution < 1.29 is 42.8 Å². The Kier molecular flexibility index (Phi) is 14.7. The molecule has 0 radical (unpaired) electrons. The summed E-state index contributed by atoms with van der Waals surface area (Å²) < 4.78 is 34.1. The zero-order valence-corrected chi connectivity index (χ0v) is 27.6. The fourth-order valence-corrected chi connectivity index (χ4v) is 4.33. The summed E-state index contributed by atoms with van der Waals surface area (Å²) in [6, 6.07) is 20.3. The third-order valence-corrected chi connectivity index (χ3v) is 7.69. The molecule has 9 nitrogen and oxygen atoms in total. The van der Waals surface area contributed by atoms with E-state index in [1.165, 1.54) is 0 Å². The topological polar surface area (TPSA) is 107 Å². The van der Waals surface area contributed by atoms with Gasteiger partial charge in [-0.15, -0.1) is 0 Å². The van der Waals surface area contributed by atoms with E-state index < -0.39 is 5.41 Å². The first-order valence-electron chi connectivity index (χ1n) is 15.1. The third kappa shape index (κ3) is 11.4. The number of alkyl halides is 1. The minimum Gasteiger partial charge on any atom is -0.493 e. The quantitative estimate of drug-likeness (QED) is 0.0730. The van der Waals surface area contributed by atoms with E-state index in [0.29, 0.717) is 59.1 Å². The predicted octanol–water partition coefficient (Wildman–Crippen LogP) is 7.31. The van der Waals surface area contributed by atoms with E-state index in [-0.39, 0.29) is 37.7 Å². The predicted molar refractivity (Wildman–Crippen MR) is 174 cm³/mol. The number of carbonyl (C=O) groups excluding carboxylic acids is 3. The van der Waals surface area contributed by atoms with E-state index in [1.54, 1.807) is 72.8 Å². The zero-order chi connectivity index (χ0) is 32.5. The summed E-state index contributed by atoms with van der Waals surface area (Å²) in [6.07, 6.45) is 2.24. The molecule has 10 heteroatoms. The highest BCUT2D eigenvalue weighted by atomic mass is 79.9. The fraction of sp³-hybridized carbons (Fsp3) is 0.400. The highest BCUT2D eigenvalue weighted by molar-refractivity contribution is 9.09. The minimum absolute atomic E-state index is 0.209. The SMILES string of the molecule is CCCOC(=O)c1ccc(OCC(CBr)(COc2ccc(C(=O)OCCC)cc2)COc2ccc(C(=O)OCCC)cc2)cc1. The minimum atomic E-state index is -0.670. The number of esters is 3. The molecule has 3 rings (SSSR count). The van der Waals surface area contributed by atoms with Gasteiger partial charge in [-0.25, -0.2) is 14.4 Å². The zero-order valence-electron chi connectivity index (χ0n) is 26.1. The van der Waals surface area contributed by atoms with Crippen molar-refractivity contribution in [3.8, 4) is 17.2 Å². The van der Waals surface area contributed by atoms with Crippen LogP contribution < -0.4 is 14.2 Å². The van der Waals surface area contributed by atoms with Crippen molar-refractivity contribution in [2.75, 3.05) is 45.0 Å². The standard InChI is InChI=1S/C35H41BrO9/c1-4-19-40-32(37)26-7-13-29(14-8-26)43-23-35(22-36,24-44-30-15-9-27(10-16-30)33(38)41-20-5-2)25-45-31-17-11-28(12-18-31)34(39)42-21-6-3/h7-18H,4-6,19-25H2,1-3H3. The van der Waals surface area contributed by atoms with Gasteiger partial charge in [-0.05, 0) is 92.1 Å². The number of hydrogen-bond acceptors (Lipinski definition) is 9. The highest BCUT2D eigenvalue weighted by Crippen LogP contribution is 2.27. The van der Waals surface area contributed by atoms with Crippen molar-refractivity contribution >= 4 is 33.8 Å². The molecular weight excluding hydrogens is 644 g/mol. The van der Waals surface area contributed by atoms with E-state index in [9.17, 15) is 14.4 Å². The Morgan fingerprint density at radius 3 is 1.00 bits per heavy atom. The molecule has 0 atom stereocenters. The van der Waals surface area contributed by atoms with Crippen LogP contribution in [0.25, 0.3) is 0 Å².